The summed E-state index contributed by atoms with van der Waals surface area (Å²) < 4.78 is 0. The van der Waals surface area contributed by atoms with E-state index in [2.05, 4.69) is 10.3 Å². The number of amides is 1. The Balaban J connectivity index is 1.56. The van der Waals surface area contributed by atoms with E-state index in [1.807, 2.05) is 4.90 Å². The largest absolute Gasteiger partial charge is 0.340 e. The first-order valence-corrected chi connectivity index (χ1v) is 9.50. The number of pyridine rings is 1. The van der Waals surface area contributed by atoms with E-state index in [1.54, 1.807) is 36.5 Å². The van der Waals surface area contributed by atoms with Gasteiger partial charge < -0.3 is 16.0 Å². The Morgan fingerprint density at radius 3 is 2.81 bits per heavy atom. The number of fused-ring (bicyclic) bond motifs is 1. The number of hydrogen-bond acceptors (Lipinski definition) is 4. The normalized spacial score (nSPS) is 24.6. The lowest BCUT2D eigenvalue weighted by Gasteiger charge is -2.20. The predicted octanol–water partition coefficient (Wildman–Crippen LogP) is 3.94. The van der Waals surface area contributed by atoms with Crippen LogP contribution in [0.5, 0.6) is 0 Å². The number of anilines is 2. The molecule has 2 aliphatic rings. The van der Waals surface area contributed by atoms with Gasteiger partial charge >= 0.3 is 0 Å². The van der Waals surface area contributed by atoms with Gasteiger partial charge in [0, 0.05) is 31.0 Å². The Morgan fingerprint density at radius 2 is 2.04 bits per heavy atom. The summed E-state index contributed by atoms with van der Waals surface area (Å²) in [7, 11) is 0. The number of benzene rings is 1. The van der Waals surface area contributed by atoms with Crippen LogP contribution in [0.15, 0.2) is 36.5 Å². The molecule has 2 aromatic rings. The highest BCUT2D eigenvalue weighted by Gasteiger charge is 2.42. The minimum atomic E-state index is -0.0118. The van der Waals surface area contributed by atoms with Crippen molar-refractivity contribution < 1.29 is 4.79 Å². The summed E-state index contributed by atoms with van der Waals surface area (Å²) in [5.41, 5.74) is 7.47. The molecule has 136 valence electrons. The van der Waals surface area contributed by atoms with Crippen molar-refractivity contribution >= 4 is 40.6 Å². The zero-order valence-corrected chi connectivity index (χ0v) is 15.7. The average Bonchev–Trinajstić information content (AvgIpc) is 3.20. The van der Waals surface area contributed by atoms with Crippen LogP contribution in [-0.4, -0.2) is 34.9 Å². The number of nitrogens with zero attached hydrogens (tertiary/aromatic N) is 2. The van der Waals surface area contributed by atoms with Gasteiger partial charge in [0.15, 0.2) is 0 Å². The van der Waals surface area contributed by atoms with Crippen LogP contribution < -0.4 is 11.1 Å². The molecule has 1 amide bonds. The molecule has 7 heteroatoms. The standard InChI is InChI=1S/C19H20Cl2N4O/c20-15-5-4-12(8-16(15)21)24-18-13(2-1-7-23-18)19(26)25-9-11-3-6-17(22)14(11)10-25/h1-2,4-5,7-8,11,14,17H,3,6,9-10,22H2,(H,23,24). The van der Waals surface area contributed by atoms with Crippen molar-refractivity contribution in [2.24, 2.45) is 17.6 Å². The summed E-state index contributed by atoms with van der Waals surface area (Å²) >= 11 is 12.0. The van der Waals surface area contributed by atoms with Crippen molar-refractivity contribution in [2.75, 3.05) is 18.4 Å². The monoisotopic (exact) mass is 390 g/mol. The van der Waals surface area contributed by atoms with Gasteiger partial charge in [-0.1, -0.05) is 23.2 Å². The number of halogens is 2. The lowest BCUT2D eigenvalue weighted by molar-refractivity contribution is 0.0780. The van der Waals surface area contributed by atoms with Gasteiger partial charge in [-0.25, -0.2) is 4.98 Å². The number of nitrogens with two attached hydrogens (primary N) is 1. The fourth-order valence-corrected chi connectivity index (χ4v) is 4.33. The minimum Gasteiger partial charge on any atom is -0.340 e. The summed E-state index contributed by atoms with van der Waals surface area (Å²) in [5.74, 6) is 1.44. The second kappa shape index (κ2) is 7.06. The summed E-state index contributed by atoms with van der Waals surface area (Å²) in [6, 6.07) is 9.00. The van der Waals surface area contributed by atoms with Crippen LogP contribution in [0.1, 0.15) is 23.2 Å². The lowest BCUT2D eigenvalue weighted by Crippen LogP contribution is -2.33. The van der Waals surface area contributed by atoms with E-state index in [4.69, 9.17) is 28.9 Å². The third-order valence-electron chi connectivity index (χ3n) is 5.42. The molecule has 1 aromatic carbocycles. The van der Waals surface area contributed by atoms with Crippen molar-refractivity contribution in [1.82, 2.24) is 9.88 Å². The Kier molecular flexibility index (Phi) is 4.78. The number of nitrogens with one attached hydrogen (secondary N) is 1. The van der Waals surface area contributed by atoms with Crippen LogP contribution >= 0.6 is 23.2 Å². The molecule has 3 unspecified atom stereocenters. The van der Waals surface area contributed by atoms with E-state index in [0.717, 1.165) is 31.6 Å². The summed E-state index contributed by atoms with van der Waals surface area (Å²) in [6.45, 7) is 1.50. The van der Waals surface area contributed by atoms with Crippen molar-refractivity contribution in [3.8, 4) is 0 Å². The topological polar surface area (TPSA) is 71.2 Å². The van der Waals surface area contributed by atoms with Crippen LogP contribution in [-0.2, 0) is 0 Å². The molecule has 1 aliphatic heterocycles. The van der Waals surface area contributed by atoms with Crippen molar-refractivity contribution in [3.63, 3.8) is 0 Å². The smallest absolute Gasteiger partial charge is 0.257 e. The van der Waals surface area contributed by atoms with Gasteiger partial charge in [-0.15, -0.1) is 0 Å². The van der Waals surface area contributed by atoms with Crippen LogP contribution in [0, 0.1) is 11.8 Å². The molecule has 5 nitrogen and oxygen atoms in total. The molecule has 1 aliphatic carbocycles. The first kappa shape index (κ1) is 17.6. The van der Waals surface area contributed by atoms with Crippen LogP contribution in [0.3, 0.4) is 0 Å². The summed E-state index contributed by atoms with van der Waals surface area (Å²) in [5, 5.41) is 4.10. The Bertz CT molecular complexity index is 844. The second-order valence-electron chi connectivity index (χ2n) is 7.03. The molecule has 0 spiro atoms. The minimum absolute atomic E-state index is 0.0118. The number of carbonyl (C=O) groups excluding carboxylic acids is 1. The molecule has 2 heterocycles. The molecule has 0 bridgehead atoms. The average molecular weight is 391 g/mol. The second-order valence-corrected chi connectivity index (χ2v) is 7.84. The van der Waals surface area contributed by atoms with Crippen molar-refractivity contribution in [1.29, 1.82) is 0 Å². The van der Waals surface area contributed by atoms with Gasteiger partial charge in [-0.3, -0.25) is 4.79 Å². The van der Waals surface area contributed by atoms with Gasteiger partial charge in [0.1, 0.15) is 5.82 Å². The van der Waals surface area contributed by atoms with E-state index in [-0.39, 0.29) is 11.9 Å². The number of aromatic nitrogens is 1. The summed E-state index contributed by atoms with van der Waals surface area (Å²) in [4.78, 5) is 19.3. The number of likely N-dealkylation sites (tertiary alicyclic amines) is 1. The van der Waals surface area contributed by atoms with Crippen molar-refractivity contribution in [3.05, 3.63) is 52.1 Å². The van der Waals surface area contributed by atoms with E-state index in [9.17, 15) is 4.79 Å². The fourth-order valence-electron chi connectivity index (χ4n) is 4.03. The van der Waals surface area contributed by atoms with Gasteiger partial charge in [0.2, 0.25) is 0 Å². The third-order valence-corrected chi connectivity index (χ3v) is 6.16. The Hall–Kier alpha value is -1.82. The Labute approximate surface area is 162 Å². The highest BCUT2D eigenvalue weighted by atomic mass is 35.5. The molecule has 26 heavy (non-hydrogen) atoms. The first-order valence-electron chi connectivity index (χ1n) is 8.75. The maximum Gasteiger partial charge on any atom is 0.257 e. The van der Waals surface area contributed by atoms with Crippen LogP contribution in [0.2, 0.25) is 10.0 Å². The van der Waals surface area contributed by atoms with E-state index in [0.29, 0.717) is 33.3 Å². The SMILES string of the molecule is NC1CCC2CN(C(=O)c3cccnc3Nc3ccc(Cl)c(Cl)c3)CC12. The third kappa shape index (κ3) is 3.27. The zero-order chi connectivity index (χ0) is 18.3. The number of hydrogen-bond donors (Lipinski definition) is 2. The van der Waals surface area contributed by atoms with Gasteiger partial charge in [0.25, 0.3) is 5.91 Å². The first-order chi connectivity index (χ1) is 12.5. The maximum absolute atomic E-state index is 13.1. The molecule has 1 saturated heterocycles. The highest BCUT2D eigenvalue weighted by Crippen LogP contribution is 2.38. The van der Waals surface area contributed by atoms with Gasteiger partial charge in [0.05, 0.1) is 15.6 Å². The zero-order valence-electron chi connectivity index (χ0n) is 14.2. The van der Waals surface area contributed by atoms with Crippen molar-refractivity contribution in [2.45, 2.75) is 18.9 Å². The molecule has 4 rings (SSSR count). The molecule has 3 atom stereocenters. The molecule has 1 aromatic heterocycles. The quantitative estimate of drug-likeness (QED) is 0.832. The summed E-state index contributed by atoms with van der Waals surface area (Å²) in [6.07, 6.45) is 3.83. The number of rotatable bonds is 3. The molecule has 2 fully saturated rings. The van der Waals surface area contributed by atoms with Gasteiger partial charge in [-0.05, 0) is 55.0 Å². The van der Waals surface area contributed by atoms with Gasteiger partial charge in [-0.2, -0.15) is 0 Å². The van der Waals surface area contributed by atoms with E-state index < -0.39 is 0 Å². The molecule has 0 radical (unpaired) electrons. The van der Waals surface area contributed by atoms with E-state index >= 15 is 0 Å². The molecule has 3 N–H and O–H groups in total. The number of carbonyl (C=O) groups is 1. The lowest BCUT2D eigenvalue weighted by atomic mass is 9.98. The van der Waals surface area contributed by atoms with Crippen LogP contribution in [0.4, 0.5) is 11.5 Å². The fraction of sp³-hybridized carbons (Fsp3) is 0.368. The molecular formula is C19H20Cl2N4O. The van der Waals surface area contributed by atoms with Crippen LogP contribution in [0.25, 0.3) is 0 Å². The maximum atomic E-state index is 13.1. The molecule has 1 saturated carbocycles. The predicted molar refractivity (Wildman–Crippen MR) is 104 cm³/mol. The Morgan fingerprint density at radius 1 is 1.19 bits per heavy atom. The van der Waals surface area contributed by atoms with E-state index in [1.165, 1.54) is 0 Å². The highest BCUT2D eigenvalue weighted by molar-refractivity contribution is 6.42. The molecular weight excluding hydrogens is 371 g/mol.